The number of halogens is 1. The summed E-state index contributed by atoms with van der Waals surface area (Å²) in [4.78, 5) is 19.2. The van der Waals surface area contributed by atoms with Gasteiger partial charge in [-0.3, -0.25) is 10.1 Å². The highest BCUT2D eigenvalue weighted by Crippen LogP contribution is 2.33. The molecule has 0 saturated carbocycles. The van der Waals surface area contributed by atoms with Crippen molar-refractivity contribution in [3.63, 3.8) is 0 Å². The van der Waals surface area contributed by atoms with Crippen LogP contribution in [0, 0.1) is 10.1 Å². The van der Waals surface area contributed by atoms with Gasteiger partial charge in [0.05, 0.1) is 21.2 Å². The first kappa shape index (κ1) is 15.9. The Balaban J connectivity index is 1.89. The zero-order valence-electron chi connectivity index (χ0n) is 13.1. The van der Waals surface area contributed by atoms with Crippen LogP contribution < -0.4 is 5.32 Å². The molecule has 2 aromatic carbocycles. The Labute approximate surface area is 151 Å². The van der Waals surface area contributed by atoms with Crippen LogP contribution in [0.25, 0.3) is 16.9 Å². The van der Waals surface area contributed by atoms with Crippen LogP contribution in [0.5, 0.6) is 0 Å². The fourth-order valence-electron chi connectivity index (χ4n) is 2.50. The number of nitrogens with one attached hydrogen (secondary N) is 1. The Bertz CT molecular complexity index is 1130. The van der Waals surface area contributed by atoms with Crippen LogP contribution in [-0.4, -0.2) is 29.9 Å². The van der Waals surface area contributed by atoms with E-state index < -0.39 is 4.92 Å². The lowest BCUT2D eigenvalue weighted by Gasteiger charge is -2.09. The molecule has 4 rings (SSSR count). The molecule has 0 fully saturated rings. The van der Waals surface area contributed by atoms with Crippen molar-refractivity contribution in [2.75, 3.05) is 5.32 Å². The van der Waals surface area contributed by atoms with Gasteiger partial charge in [-0.15, -0.1) is 5.10 Å². The van der Waals surface area contributed by atoms with Crippen LogP contribution >= 0.6 is 11.6 Å². The Hall–Kier alpha value is -3.59. The smallest absolute Gasteiger partial charge is 0.333 e. The number of nitrogens with zero attached hydrogens (tertiary/aromatic N) is 6. The first-order valence-electron chi connectivity index (χ1n) is 7.47. The lowest BCUT2D eigenvalue weighted by Crippen LogP contribution is -2.09. The number of nitro groups is 1. The minimum Gasteiger partial charge on any atom is -0.333 e. The molecular formula is C16H10ClN7O2. The molecule has 2 heterocycles. The molecule has 0 bridgehead atoms. The lowest BCUT2D eigenvalue weighted by atomic mass is 10.3. The third-order valence-corrected chi connectivity index (χ3v) is 3.99. The van der Waals surface area contributed by atoms with Crippen molar-refractivity contribution in [3.8, 4) is 5.82 Å². The Kier molecular flexibility index (Phi) is 3.90. The highest BCUT2D eigenvalue weighted by atomic mass is 35.5. The maximum absolute atomic E-state index is 11.7. The van der Waals surface area contributed by atoms with Crippen LogP contribution in [0.4, 0.5) is 17.2 Å². The number of benzene rings is 2. The highest BCUT2D eigenvalue weighted by molar-refractivity contribution is 6.33. The van der Waals surface area contributed by atoms with E-state index in [9.17, 15) is 10.1 Å². The van der Waals surface area contributed by atoms with Gasteiger partial charge in [-0.05, 0) is 24.3 Å². The second kappa shape index (κ2) is 6.37. The maximum atomic E-state index is 11.7. The molecule has 0 saturated heterocycles. The molecule has 0 aliphatic heterocycles. The second-order valence-corrected chi connectivity index (χ2v) is 5.65. The van der Waals surface area contributed by atoms with E-state index in [1.54, 1.807) is 48.5 Å². The summed E-state index contributed by atoms with van der Waals surface area (Å²) in [7, 11) is 0. The molecule has 0 unspecified atom stereocenters. The van der Waals surface area contributed by atoms with Crippen LogP contribution in [0.1, 0.15) is 0 Å². The molecule has 4 aromatic rings. The quantitative estimate of drug-likeness (QED) is 0.433. The normalized spacial score (nSPS) is 10.8. The predicted molar refractivity (Wildman–Crippen MR) is 95.8 cm³/mol. The van der Waals surface area contributed by atoms with Gasteiger partial charge in [-0.2, -0.15) is 4.68 Å². The van der Waals surface area contributed by atoms with Crippen LogP contribution in [-0.2, 0) is 0 Å². The number of hydrogen-bond donors (Lipinski definition) is 1. The summed E-state index contributed by atoms with van der Waals surface area (Å²) in [5, 5.41) is 23.0. The summed E-state index contributed by atoms with van der Waals surface area (Å²) in [6.45, 7) is 0. The van der Waals surface area contributed by atoms with E-state index in [-0.39, 0.29) is 17.3 Å². The van der Waals surface area contributed by atoms with E-state index in [4.69, 9.17) is 11.6 Å². The zero-order valence-corrected chi connectivity index (χ0v) is 13.8. The third-order valence-electron chi connectivity index (χ3n) is 3.66. The van der Waals surface area contributed by atoms with Gasteiger partial charge in [0.25, 0.3) is 0 Å². The first-order valence-corrected chi connectivity index (χ1v) is 7.84. The average Bonchev–Trinajstić information content (AvgIpc) is 3.07. The average molecular weight is 368 g/mol. The summed E-state index contributed by atoms with van der Waals surface area (Å²) >= 11 is 6.12. The van der Waals surface area contributed by atoms with Crippen molar-refractivity contribution in [3.05, 3.63) is 70.0 Å². The van der Waals surface area contributed by atoms with Gasteiger partial charge in [0, 0.05) is 0 Å². The van der Waals surface area contributed by atoms with E-state index in [1.807, 2.05) is 0 Å². The predicted octanol–water partition coefficient (Wildman–Crippen LogP) is 3.52. The minimum absolute atomic E-state index is 0.00711. The summed E-state index contributed by atoms with van der Waals surface area (Å²) in [6.07, 6.45) is 1.22. The van der Waals surface area contributed by atoms with Gasteiger partial charge >= 0.3 is 5.69 Å². The van der Waals surface area contributed by atoms with Gasteiger partial charge in [0.1, 0.15) is 11.8 Å². The van der Waals surface area contributed by atoms with Gasteiger partial charge in [0.15, 0.2) is 0 Å². The molecule has 0 amide bonds. The van der Waals surface area contributed by atoms with E-state index in [0.717, 1.165) is 0 Å². The summed E-state index contributed by atoms with van der Waals surface area (Å²) in [5.41, 5.74) is 1.35. The zero-order chi connectivity index (χ0) is 18.1. The van der Waals surface area contributed by atoms with Crippen molar-refractivity contribution in [2.45, 2.75) is 0 Å². The molecule has 0 aliphatic rings. The molecule has 128 valence electrons. The van der Waals surface area contributed by atoms with Gasteiger partial charge < -0.3 is 5.32 Å². The second-order valence-electron chi connectivity index (χ2n) is 5.25. The Morgan fingerprint density at radius 3 is 2.65 bits per heavy atom. The standard InChI is InChI=1S/C16H10ClN7O2/c17-10-5-1-2-6-11(10)20-15-14(24(25)26)16(19-9-18-15)23-13-8-4-3-7-12(13)21-22-23/h1-9H,(H,18,19,20). The maximum Gasteiger partial charge on any atom is 0.356 e. The fraction of sp³-hybridized carbons (Fsp3) is 0. The van der Waals surface area contributed by atoms with Gasteiger partial charge in [0.2, 0.25) is 11.6 Å². The Morgan fingerprint density at radius 1 is 1.08 bits per heavy atom. The number of hydrogen-bond acceptors (Lipinski definition) is 7. The number of rotatable bonds is 4. The van der Waals surface area contributed by atoms with Crippen molar-refractivity contribution in [1.82, 2.24) is 25.0 Å². The minimum atomic E-state index is -0.565. The Morgan fingerprint density at radius 2 is 1.85 bits per heavy atom. The summed E-state index contributed by atoms with van der Waals surface area (Å²) in [6, 6.07) is 14.0. The van der Waals surface area contributed by atoms with E-state index in [0.29, 0.717) is 21.7 Å². The molecule has 1 N–H and O–H groups in total. The molecule has 26 heavy (non-hydrogen) atoms. The monoisotopic (exact) mass is 367 g/mol. The van der Waals surface area contributed by atoms with Crippen LogP contribution in [0.2, 0.25) is 5.02 Å². The van der Waals surface area contributed by atoms with Crippen molar-refractivity contribution < 1.29 is 4.92 Å². The third kappa shape index (κ3) is 2.70. The highest BCUT2D eigenvalue weighted by Gasteiger charge is 2.26. The fourth-order valence-corrected chi connectivity index (χ4v) is 2.68. The van der Waals surface area contributed by atoms with E-state index >= 15 is 0 Å². The van der Waals surface area contributed by atoms with E-state index in [2.05, 4.69) is 25.6 Å². The number of anilines is 2. The molecule has 0 aliphatic carbocycles. The number of aromatic nitrogens is 5. The van der Waals surface area contributed by atoms with Crippen molar-refractivity contribution >= 4 is 39.8 Å². The largest absolute Gasteiger partial charge is 0.356 e. The number of fused-ring (bicyclic) bond motifs is 1. The molecule has 9 nitrogen and oxygen atoms in total. The molecule has 0 radical (unpaired) electrons. The number of para-hydroxylation sites is 2. The summed E-state index contributed by atoms with van der Waals surface area (Å²) < 4.78 is 1.31. The lowest BCUT2D eigenvalue weighted by molar-refractivity contribution is -0.384. The molecule has 10 heteroatoms. The van der Waals surface area contributed by atoms with E-state index in [1.165, 1.54) is 11.0 Å². The van der Waals surface area contributed by atoms with Crippen LogP contribution in [0.15, 0.2) is 54.9 Å². The van der Waals surface area contributed by atoms with Gasteiger partial charge in [-0.25, -0.2) is 9.97 Å². The molecular weight excluding hydrogens is 358 g/mol. The molecule has 2 aromatic heterocycles. The molecule has 0 atom stereocenters. The van der Waals surface area contributed by atoms with Crippen LogP contribution in [0.3, 0.4) is 0 Å². The van der Waals surface area contributed by atoms with Crippen molar-refractivity contribution in [2.24, 2.45) is 0 Å². The topological polar surface area (TPSA) is 112 Å². The summed E-state index contributed by atoms with van der Waals surface area (Å²) in [5.74, 6) is 0.0148. The van der Waals surface area contributed by atoms with Crippen molar-refractivity contribution in [1.29, 1.82) is 0 Å². The first-order chi connectivity index (χ1) is 12.6. The molecule has 0 spiro atoms. The van der Waals surface area contributed by atoms with Gasteiger partial charge in [-0.1, -0.05) is 41.1 Å². The SMILES string of the molecule is O=[N+]([O-])c1c(Nc2ccccc2Cl)ncnc1-n1nnc2ccccc21.